The molecule has 19 heavy (non-hydrogen) atoms. The summed E-state index contributed by atoms with van der Waals surface area (Å²) >= 11 is 0. The van der Waals surface area contributed by atoms with Crippen LogP contribution >= 0.6 is 0 Å². The number of unbranched alkanes of at least 4 members (excludes halogenated alkanes) is 3. The molecule has 0 spiro atoms. The maximum absolute atomic E-state index is 3.45. The third-order valence-corrected chi connectivity index (χ3v) is 3.87. The van der Waals surface area contributed by atoms with Gasteiger partial charge >= 0.3 is 0 Å². The smallest absolute Gasteiger partial charge is 0.0317 e. The molecule has 0 saturated carbocycles. The number of rotatable bonds is 7. The summed E-state index contributed by atoms with van der Waals surface area (Å²) in [5.41, 5.74) is 3.08. The zero-order valence-electron chi connectivity index (χ0n) is 13.4. The summed E-state index contributed by atoms with van der Waals surface area (Å²) < 4.78 is 0. The number of hydrogen-bond donors (Lipinski definition) is 1. The Hall–Kier alpha value is -0.820. The van der Waals surface area contributed by atoms with Crippen molar-refractivity contribution in [3.8, 4) is 0 Å². The number of benzene rings is 1. The van der Waals surface area contributed by atoms with E-state index in [2.05, 4.69) is 64.3 Å². The van der Waals surface area contributed by atoms with Crippen LogP contribution in [0, 0.1) is 0 Å². The quantitative estimate of drug-likeness (QED) is 0.664. The van der Waals surface area contributed by atoms with Crippen LogP contribution in [-0.2, 0) is 5.41 Å². The van der Waals surface area contributed by atoms with E-state index in [0.717, 1.165) is 0 Å². The second-order valence-corrected chi connectivity index (χ2v) is 6.56. The van der Waals surface area contributed by atoms with E-state index in [0.29, 0.717) is 6.04 Å². The van der Waals surface area contributed by atoms with E-state index in [1.165, 1.54) is 43.2 Å². The SMILES string of the molecule is CCCCCCC(NC)c1ccc(C(C)(C)C)cc1. The lowest BCUT2D eigenvalue weighted by Gasteiger charge is -2.21. The molecule has 0 bridgehead atoms. The molecule has 0 aliphatic rings. The highest BCUT2D eigenvalue weighted by atomic mass is 14.9. The topological polar surface area (TPSA) is 12.0 Å². The van der Waals surface area contributed by atoms with Crippen LogP contribution in [0.4, 0.5) is 0 Å². The van der Waals surface area contributed by atoms with Crippen LogP contribution in [-0.4, -0.2) is 7.05 Å². The largest absolute Gasteiger partial charge is 0.313 e. The van der Waals surface area contributed by atoms with E-state index in [4.69, 9.17) is 0 Å². The van der Waals surface area contributed by atoms with Crippen molar-refractivity contribution < 1.29 is 0 Å². The molecule has 1 aromatic carbocycles. The Labute approximate surface area is 119 Å². The maximum Gasteiger partial charge on any atom is 0.0317 e. The van der Waals surface area contributed by atoms with E-state index < -0.39 is 0 Å². The fraction of sp³-hybridized carbons (Fsp3) is 0.667. The van der Waals surface area contributed by atoms with Crippen molar-refractivity contribution in [2.75, 3.05) is 7.05 Å². The van der Waals surface area contributed by atoms with Gasteiger partial charge in [-0.15, -0.1) is 0 Å². The summed E-state index contributed by atoms with van der Waals surface area (Å²) in [5.74, 6) is 0. The van der Waals surface area contributed by atoms with Crippen LogP contribution in [0.15, 0.2) is 24.3 Å². The van der Waals surface area contributed by atoms with Crippen molar-refractivity contribution in [2.45, 2.75) is 71.3 Å². The van der Waals surface area contributed by atoms with E-state index >= 15 is 0 Å². The van der Waals surface area contributed by atoms with E-state index in [-0.39, 0.29) is 5.41 Å². The molecule has 1 atom stereocenters. The van der Waals surface area contributed by atoms with Crippen molar-refractivity contribution in [1.29, 1.82) is 0 Å². The third-order valence-electron chi connectivity index (χ3n) is 3.87. The Balaban J connectivity index is 2.61. The molecule has 1 heteroatoms. The first-order valence-electron chi connectivity index (χ1n) is 7.76. The Morgan fingerprint density at radius 3 is 2.11 bits per heavy atom. The lowest BCUT2D eigenvalue weighted by molar-refractivity contribution is 0.504. The minimum atomic E-state index is 0.245. The monoisotopic (exact) mass is 261 g/mol. The van der Waals surface area contributed by atoms with E-state index in [1.807, 2.05) is 0 Å². The molecule has 0 saturated heterocycles. The molecule has 0 aromatic heterocycles. The van der Waals surface area contributed by atoms with Crippen molar-refractivity contribution in [3.05, 3.63) is 35.4 Å². The zero-order valence-corrected chi connectivity index (χ0v) is 13.4. The van der Waals surface area contributed by atoms with Crippen molar-refractivity contribution >= 4 is 0 Å². The Bertz CT molecular complexity index is 345. The minimum Gasteiger partial charge on any atom is -0.313 e. The Morgan fingerprint density at radius 1 is 1.00 bits per heavy atom. The van der Waals surface area contributed by atoms with Gasteiger partial charge in [0.05, 0.1) is 0 Å². The summed E-state index contributed by atoms with van der Waals surface area (Å²) in [6.45, 7) is 9.06. The first-order valence-corrected chi connectivity index (χ1v) is 7.76. The van der Waals surface area contributed by atoms with Crippen molar-refractivity contribution in [2.24, 2.45) is 0 Å². The molecule has 1 N–H and O–H groups in total. The van der Waals surface area contributed by atoms with Gasteiger partial charge in [0, 0.05) is 6.04 Å². The van der Waals surface area contributed by atoms with Crippen LogP contribution in [0.25, 0.3) is 0 Å². The minimum absolute atomic E-state index is 0.245. The van der Waals surface area contributed by atoms with Gasteiger partial charge in [0.1, 0.15) is 0 Å². The highest BCUT2D eigenvalue weighted by Gasteiger charge is 2.14. The van der Waals surface area contributed by atoms with Gasteiger partial charge in [-0.05, 0) is 30.0 Å². The van der Waals surface area contributed by atoms with Gasteiger partial charge in [0.15, 0.2) is 0 Å². The van der Waals surface area contributed by atoms with Crippen LogP contribution in [0.5, 0.6) is 0 Å². The second kappa shape index (κ2) is 7.69. The zero-order chi connectivity index (χ0) is 14.3. The molecule has 1 unspecified atom stereocenters. The molecule has 1 rings (SSSR count). The van der Waals surface area contributed by atoms with Gasteiger partial charge in [0.25, 0.3) is 0 Å². The summed E-state index contributed by atoms with van der Waals surface area (Å²) in [6, 6.07) is 9.66. The molecule has 0 radical (unpaired) electrons. The van der Waals surface area contributed by atoms with Gasteiger partial charge in [-0.2, -0.15) is 0 Å². The molecule has 1 nitrogen and oxygen atoms in total. The average Bonchev–Trinajstić information content (AvgIpc) is 2.38. The molecule has 0 fully saturated rings. The lowest BCUT2D eigenvalue weighted by atomic mass is 9.86. The molecule has 0 heterocycles. The predicted molar refractivity (Wildman–Crippen MR) is 85.7 cm³/mol. The second-order valence-electron chi connectivity index (χ2n) is 6.56. The molecular formula is C18H31N. The van der Waals surface area contributed by atoms with Gasteiger partial charge in [0.2, 0.25) is 0 Å². The Kier molecular flexibility index (Phi) is 6.57. The molecule has 108 valence electrons. The summed E-state index contributed by atoms with van der Waals surface area (Å²) in [6.07, 6.45) is 6.59. The average molecular weight is 261 g/mol. The molecule has 0 aliphatic heterocycles. The Morgan fingerprint density at radius 2 is 1.63 bits per heavy atom. The fourth-order valence-corrected chi connectivity index (χ4v) is 2.47. The van der Waals surface area contributed by atoms with Crippen molar-refractivity contribution in [1.82, 2.24) is 5.32 Å². The highest BCUT2D eigenvalue weighted by molar-refractivity contribution is 5.29. The van der Waals surface area contributed by atoms with Gasteiger partial charge in [-0.1, -0.05) is 77.6 Å². The number of hydrogen-bond acceptors (Lipinski definition) is 1. The van der Waals surface area contributed by atoms with Crippen molar-refractivity contribution in [3.63, 3.8) is 0 Å². The molecule has 1 aromatic rings. The fourth-order valence-electron chi connectivity index (χ4n) is 2.47. The first-order chi connectivity index (χ1) is 8.99. The summed E-state index contributed by atoms with van der Waals surface area (Å²) in [5, 5.41) is 3.45. The maximum atomic E-state index is 3.45. The van der Waals surface area contributed by atoms with Gasteiger partial charge in [-0.25, -0.2) is 0 Å². The highest BCUT2D eigenvalue weighted by Crippen LogP contribution is 2.25. The normalized spacial score (nSPS) is 13.5. The van der Waals surface area contributed by atoms with E-state index in [9.17, 15) is 0 Å². The lowest BCUT2D eigenvalue weighted by Crippen LogP contribution is -2.17. The van der Waals surface area contributed by atoms with Crippen LogP contribution in [0.1, 0.15) is 77.0 Å². The summed E-state index contributed by atoms with van der Waals surface area (Å²) in [4.78, 5) is 0. The van der Waals surface area contributed by atoms with Gasteiger partial charge < -0.3 is 5.32 Å². The third kappa shape index (κ3) is 5.36. The van der Waals surface area contributed by atoms with E-state index in [1.54, 1.807) is 0 Å². The van der Waals surface area contributed by atoms with Crippen LogP contribution in [0.3, 0.4) is 0 Å². The van der Waals surface area contributed by atoms with Crippen LogP contribution < -0.4 is 5.32 Å². The molecular weight excluding hydrogens is 230 g/mol. The predicted octanol–water partition coefficient (Wildman–Crippen LogP) is 5.22. The summed E-state index contributed by atoms with van der Waals surface area (Å²) in [7, 11) is 2.07. The first kappa shape index (κ1) is 16.2. The standard InChI is InChI=1S/C18H31N/c1-6-7-8-9-10-17(19-5)15-11-13-16(14-12-15)18(2,3)4/h11-14,17,19H,6-10H2,1-5H3. The van der Waals surface area contributed by atoms with Crippen LogP contribution in [0.2, 0.25) is 0 Å². The number of nitrogens with one attached hydrogen (secondary N) is 1. The molecule has 0 amide bonds. The van der Waals surface area contributed by atoms with Gasteiger partial charge in [-0.3, -0.25) is 0 Å². The molecule has 0 aliphatic carbocycles.